The van der Waals surface area contributed by atoms with Gasteiger partial charge in [-0.2, -0.15) is 0 Å². The Balaban J connectivity index is 1.69. The number of aldehydes is 1. The van der Waals surface area contributed by atoms with Crippen molar-refractivity contribution in [3.8, 4) is 0 Å². The molecular formula is C23H34ClN3O3. The summed E-state index contributed by atoms with van der Waals surface area (Å²) < 4.78 is 0. The minimum Gasteiger partial charge on any atom is -0.385 e. The molecule has 0 aromatic heterocycles. The summed E-state index contributed by atoms with van der Waals surface area (Å²) in [6.07, 6.45) is 2.32. The van der Waals surface area contributed by atoms with E-state index < -0.39 is 11.0 Å². The van der Waals surface area contributed by atoms with Crippen molar-refractivity contribution in [1.29, 1.82) is 0 Å². The van der Waals surface area contributed by atoms with E-state index in [4.69, 9.17) is 11.6 Å². The standard InChI is InChI=1S/C23H34ClN3O3/c1-16(14-28)20(26-21(29)17-8-10-25-12-17)13-27-11-9-23(30,22(2,3)15-27)18-4-6-19(24)7-5-18/h4-7,14,16-17,20,25,30H,8-13,15H2,1-3H3,(H,26,29)/t16-,17+,20?,23-/m0/s1. The first-order chi connectivity index (χ1) is 14.2. The maximum atomic E-state index is 12.6. The molecule has 2 aliphatic rings. The first-order valence-electron chi connectivity index (χ1n) is 10.8. The quantitative estimate of drug-likeness (QED) is 0.572. The number of carbonyl (C=O) groups excluding carboxylic acids is 2. The molecule has 0 spiro atoms. The Bertz CT molecular complexity index is 749. The van der Waals surface area contributed by atoms with Crippen molar-refractivity contribution in [2.45, 2.75) is 45.3 Å². The zero-order valence-corrected chi connectivity index (χ0v) is 18.9. The van der Waals surface area contributed by atoms with Crippen molar-refractivity contribution in [3.63, 3.8) is 0 Å². The number of benzene rings is 1. The highest BCUT2D eigenvalue weighted by Gasteiger charge is 2.49. The van der Waals surface area contributed by atoms with Crippen LogP contribution in [0.4, 0.5) is 0 Å². The highest BCUT2D eigenvalue weighted by Crippen LogP contribution is 2.46. The van der Waals surface area contributed by atoms with Gasteiger partial charge in [0.25, 0.3) is 0 Å². The second-order valence-corrected chi connectivity index (χ2v) is 9.97. The van der Waals surface area contributed by atoms with Crippen LogP contribution in [0.1, 0.15) is 39.2 Å². The predicted octanol–water partition coefficient (Wildman–Crippen LogP) is 2.19. The number of nitrogens with zero attached hydrogens (tertiary/aromatic N) is 1. The Labute approximate surface area is 184 Å². The Kier molecular flexibility index (Phi) is 7.23. The second kappa shape index (κ2) is 9.35. The molecule has 1 aromatic carbocycles. The number of aliphatic hydroxyl groups is 1. The maximum absolute atomic E-state index is 12.6. The third-order valence-electron chi connectivity index (χ3n) is 6.91. The normalized spacial score (nSPS) is 28.6. The molecule has 166 valence electrons. The number of amides is 1. The van der Waals surface area contributed by atoms with Crippen LogP contribution < -0.4 is 10.6 Å². The van der Waals surface area contributed by atoms with Crippen LogP contribution in [0.3, 0.4) is 0 Å². The van der Waals surface area contributed by atoms with E-state index in [0.29, 0.717) is 37.6 Å². The van der Waals surface area contributed by atoms with Crippen LogP contribution in [0, 0.1) is 17.3 Å². The van der Waals surface area contributed by atoms with Gasteiger partial charge < -0.3 is 25.4 Å². The summed E-state index contributed by atoms with van der Waals surface area (Å²) in [5.41, 5.74) is -0.497. The van der Waals surface area contributed by atoms with Gasteiger partial charge in [0.15, 0.2) is 0 Å². The molecule has 6 nitrogen and oxygen atoms in total. The zero-order valence-electron chi connectivity index (χ0n) is 18.2. The molecule has 2 saturated heterocycles. The molecular weight excluding hydrogens is 402 g/mol. The molecule has 2 fully saturated rings. The van der Waals surface area contributed by atoms with Gasteiger partial charge in [0.2, 0.25) is 5.91 Å². The molecule has 0 saturated carbocycles. The van der Waals surface area contributed by atoms with Gasteiger partial charge in [0.05, 0.1) is 17.6 Å². The van der Waals surface area contributed by atoms with Crippen LogP contribution in [0.2, 0.25) is 5.02 Å². The van der Waals surface area contributed by atoms with E-state index in [0.717, 1.165) is 24.8 Å². The molecule has 4 atom stereocenters. The molecule has 1 unspecified atom stereocenters. The lowest BCUT2D eigenvalue weighted by Gasteiger charge is -2.51. The van der Waals surface area contributed by atoms with E-state index in [1.807, 2.05) is 31.2 Å². The van der Waals surface area contributed by atoms with Gasteiger partial charge in [0, 0.05) is 42.5 Å². The van der Waals surface area contributed by atoms with E-state index in [-0.39, 0.29) is 23.8 Å². The Morgan fingerprint density at radius 2 is 2.10 bits per heavy atom. The van der Waals surface area contributed by atoms with Crippen LogP contribution in [0.25, 0.3) is 0 Å². The molecule has 0 radical (unpaired) electrons. The highest BCUT2D eigenvalue weighted by atomic mass is 35.5. The largest absolute Gasteiger partial charge is 0.385 e. The average Bonchev–Trinajstić information content (AvgIpc) is 3.25. The highest BCUT2D eigenvalue weighted by molar-refractivity contribution is 6.30. The molecule has 3 N–H and O–H groups in total. The lowest BCUT2D eigenvalue weighted by molar-refractivity contribution is -0.131. The molecule has 0 bridgehead atoms. The summed E-state index contributed by atoms with van der Waals surface area (Å²) in [7, 11) is 0. The summed E-state index contributed by atoms with van der Waals surface area (Å²) in [6.45, 7) is 9.47. The lowest BCUT2D eigenvalue weighted by Crippen LogP contribution is -2.58. The molecule has 2 aliphatic heterocycles. The Morgan fingerprint density at radius 1 is 1.40 bits per heavy atom. The average molecular weight is 436 g/mol. The first-order valence-corrected chi connectivity index (χ1v) is 11.2. The lowest BCUT2D eigenvalue weighted by atomic mass is 9.66. The number of rotatable bonds is 7. The van der Waals surface area contributed by atoms with Crippen molar-refractivity contribution in [2.75, 3.05) is 32.7 Å². The van der Waals surface area contributed by atoms with Gasteiger partial charge in [-0.15, -0.1) is 0 Å². The van der Waals surface area contributed by atoms with Crippen molar-refractivity contribution in [2.24, 2.45) is 17.3 Å². The van der Waals surface area contributed by atoms with Crippen molar-refractivity contribution < 1.29 is 14.7 Å². The van der Waals surface area contributed by atoms with Gasteiger partial charge in [-0.1, -0.05) is 44.5 Å². The van der Waals surface area contributed by atoms with E-state index in [1.165, 1.54) is 0 Å². The minimum absolute atomic E-state index is 0.0210. The third-order valence-corrected chi connectivity index (χ3v) is 7.17. The number of nitrogens with one attached hydrogen (secondary N) is 2. The summed E-state index contributed by atoms with van der Waals surface area (Å²) in [5, 5.41) is 18.5. The second-order valence-electron chi connectivity index (χ2n) is 9.54. The maximum Gasteiger partial charge on any atom is 0.224 e. The van der Waals surface area contributed by atoms with Crippen LogP contribution in [-0.4, -0.2) is 61.0 Å². The number of hydrogen-bond acceptors (Lipinski definition) is 5. The topological polar surface area (TPSA) is 81.7 Å². The van der Waals surface area contributed by atoms with E-state index in [9.17, 15) is 14.7 Å². The smallest absolute Gasteiger partial charge is 0.224 e. The number of halogens is 1. The zero-order chi connectivity index (χ0) is 21.9. The van der Waals surface area contributed by atoms with E-state index in [2.05, 4.69) is 29.4 Å². The number of piperidine rings is 1. The molecule has 1 amide bonds. The fourth-order valence-electron chi connectivity index (χ4n) is 4.74. The summed E-state index contributed by atoms with van der Waals surface area (Å²) in [5.74, 6) is -0.282. The Morgan fingerprint density at radius 3 is 2.67 bits per heavy atom. The first kappa shape index (κ1) is 23.2. The van der Waals surface area contributed by atoms with Crippen LogP contribution in [-0.2, 0) is 15.2 Å². The minimum atomic E-state index is -0.960. The van der Waals surface area contributed by atoms with E-state index >= 15 is 0 Å². The fraction of sp³-hybridized carbons (Fsp3) is 0.652. The molecule has 30 heavy (non-hydrogen) atoms. The Hall–Kier alpha value is -1.47. The van der Waals surface area contributed by atoms with Gasteiger partial charge in [-0.25, -0.2) is 0 Å². The number of hydrogen-bond donors (Lipinski definition) is 3. The van der Waals surface area contributed by atoms with Gasteiger partial charge >= 0.3 is 0 Å². The van der Waals surface area contributed by atoms with Crippen molar-refractivity contribution in [3.05, 3.63) is 34.9 Å². The van der Waals surface area contributed by atoms with Crippen LogP contribution in [0.15, 0.2) is 24.3 Å². The van der Waals surface area contributed by atoms with Gasteiger partial charge in [0.1, 0.15) is 6.29 Å². The molecule has 1 aromatic rings. The SMILES string of the molecule is C[C@@H](C=O)C(CN1CC[C@](O)(c2ccc(Cl)cc2)C(C)(C)C1)NC(=O)[C@@H]1CCNC1. The van der Waals surface area contributed by atoms with Gasteiger partial charge in [-0.3, -0.25) is 4.79 Å². The van der Waals surface area contributed by atoms with E-state index in [1.54, 1.807) is 0 Å². The van der Waals surface area contributed by atoms with Crippen LogP contribution >= 0.6 is 11.6 Å². The summed E-state index contributed by atoms with van der Waals surface area (Å²) >= 11 is 6.02. The monoisotopic (exact) mass is 435 g/mol. The fourth-order valence-corrected chi connectivity index (χ4v) is 4.87. The third kappa shape index (κ3) is 4.88. The van der Waals surface area contributed by atoms with Gasteiger partial charge in [-0.05, 0) is 37.1 Å². The number of carbonyl (C=O) groups is 2. The number of likely N-dealkylation sites (tertiary alicyclic amines) is 1. The predicted molar refractivity (Wildman–Crippen MR) is 118 cm³/mol. The molecule has 2 heterocycles. The van der Waals surface area contributed by atoms with Crippen LogP contribution in [0.5, 0.6) is 0 Å². The molecule has 3 rings (SSSR count). The molecule has 7 heteroatoms. The summed E-state index contributed by atoms with van der Waals surface area (Å²) in [4.78, 5) is 26.4. The van der Waals surface area contributed by atoms with Crippen molar-refractivity contribution in [1.82, 2.24) is 15.5 Å². The summed E-state index contributed by atoms with van der Waals surface area (Å²) in [6, 6.07) is 7.17. The van der Waals surface area contributed by atoms with Crippen molar-refractivity contribution >= 4 is 23.8 Å². The molecule has 0 aliphatic carbocycles.